The van der Waals surface area contributed by atoms with Crippen molar-refractivity contribution in [2.24, 2.45) is 5.92 Å². The second kappa shape index (κ2) is 3.63. The fourth-order valence-electron chi connectivity index (χ4n) is 1.98. The van der Waals surface area contributed by atoms with Crippen LogP contribution in [0.2, 0.25) is 0 Å². The first kappa shape index (κ1) is 9.91. The number of carbonyl (C=O) groups is 1. The van der Waals surface area contributed by atoms with Gasteiger partial charge in [0.15, 0.2) is 5.58 Å². The molecule has 0 spiro atoms. The molecule has 1 aliphatic rings. The average molecular weight is 226 g/mol. The van der Waals surface area contributed by atoms with Gasteiger partial charge in [-0.15, -0.1) is 12.3 Å². The van der Waals surface area contributed by atoms with Gasteiger partial charge in [-0.1, -0.05) is 12.1 Å². The standard InChI is InChI=1S/C13H10N2O2/c1-2-9-7-12(16)15(8-9)13-14-10-5-3-4-6-11(10)17-13/h1,3-6,9H,7-8H2. The number of hydrogen-bond acceptors (Lipinski definition) is 3. The van der Waals surface area contributed by atoms with E-state index in [4.69, 9.17) is 10.8 Å². The molecule has 0 saturated carbocycles. The van der Waals surface area contributed by atoms with E-state index in [2.05, 4.69) is 10.9 Å². The molecule has 1 unspecified atom stereocenters. The van der Waals surface area contributed by atoms with Crippen LogP contribution in [0.25, 0.3) is 11.1 Å². The van der Waals surface area contributed by atoms with Gasteiger partial charge in [0.1, 0.15) is 5.52 Å². The van der Waals surface area contributed by atoms with Crippen LogP contribution in [-0.4, -0.2) is 17.4 Å². The number of hydrogen-bond donors (Lipinski definition) is 0. The molecule has 4 nitrogen and oxygen atoms in total. The predicted molar refractivity (Wildman–Crippen MR) is 63.3 cm³/mol. The molecule has 1 aromatic heterocycles. The number of benzene rings is 1. The highest BCUT2D eigenvalue weighted by atomic mass is 16.4. The number of aromatic nitrogens is 1. The summed E-state index contributed by atoms with van der Waals surface area (Å²) in [6.07, 6.45) is 5.70. The lowest BCUT2D eigenvalue weighted by Gasteiger charge is -2.09. The van der Waals surface area contributed by atoms with Crippen molar-refractivity contribution in [2.45, 2.75) is 6.42 Å². The van der Waals surface area contributed by atoms with Crippen molar-refractivity contribution in [2.75, 3.05) is 11.4 Å². The summed E-state index contributed by atoms with van der Waals surface area (Å²) in [5.41, 5.74) is 1.43. The molecular formula is C13H10N2O2. The van der Waals surface area contributed by atoms with Gasteiger partial charge in [0.05, 0.1) is 0 Å². The van der Waals surface area contributed by atoms with Crippen LogP contribution in [0.3, 0.4) is 0 Å². The maximum Gasteiger partial charge on any atom is 0.305 e. The Hall–Kier alpha value is -2.28. The third kappa shape index (κ3) is 1.56. The summed E-state index contributed by atoms with van der Waals surface area (Å²) in [5.74, 6) is 2.52. The molecule has 1 fully saturated rings. The van der Waals surface area contributed by atoms with E-state index in [0.29, 0.717) is 24.6 Å². The second-order valence-corrected chi connectivity index (χ2v) is 4.04. The number of nitrogens with zero attached hydrogens (tertiary/aromatic N) is 2. The molecule has 0 radical (unpaired) electrons. The van der Waals surface area contributed by atoms with Gasteiger partial charge in [-0.05, 0) is 12.1 Å². The zero-order valence-corrected chi connectivity index (χ0v) is 9.09. The van der Waals surface area contributed by atoms with Gasteiger partial charge in [0, 0.05) is 18.9 Å². The zero-order valence-electron chi connectivity index (χ0n) is 9.09. The number of para-hydroxylation sites is 2. The van der Waals surface area contributed by atoms with Crippen molar-refractivity contribution in [3.63, 3.8) is 0 Å². The minimum absolute atomic E-state index is 0.0282. The topological polar surface area (TPSA) is 46.3 Å². The molecule has 4 heteroatoms. The van der Waals surface area contributed by atoms with Crippen molar-refractivity contribution >= 4 is 23.0 Å². The highest BCUT2D eigenvalue weighted by Crippen LogP contribution is 2.27. The smallest absolute Gasteiger partial charge is 0.305 e. The Bertz CT molecular complexity index is 591. The number of rotatable bonds is 1. The minimum atomic E-state index is -0.0440. The van der Waals surface area contributed by atoms with E-state index in [1.54, 1.807) is 0 Å². The van der Waals surface area contributed by atoms with Crippen LogP contribution in [0.15, 0.2) is 28.7 Å². The lowest BCUT2D eigenvalue weighted by Crippen LogP contribution is -2.24. The molecule has 84 valence electrons. The summed E-state index contributed by atoms with van der Waals surface area (Å²) >= 11 is 0. The van der Waals surface area contributed by atoms with Gasteiger partial charge in [-0.2, -0.15) is 4.98 Å². The summed E-state index contributed by atoms with van der Waals surface area (Å²) in [7, 11) is 0. The molecule has 2 aromatic rings. The van der Waals surface area contributed by atoms with Crippen LogP contribution in [0.1, 0.15) is 6.42 Å². The highest BCUT2D eigenvalue weighted by molar-refractivity contribution is 5.95. The highest BCUT2D eigenvalue weighted by Gasteiger charge is 2.32. The Balaban J connectivity index is 1.99. The number of carbonyl (C=O) groups excluding carboxylic acids is 1. The quantitative estimate of drug-likeness (QED) is 0.697. The first-order valence-electron chi connectivity index (χ1n) is 5.40. The van der Waals surface area contributed by atoms with Crippen LogP contribution in [-0.2, 0) is 4.79 Å². The van der Waals surface area contributed by atoms with Gasteiger partial charge >= 0.3 is 6.01 Å². The molecule has 17 heavy (non-hydrogen) atoms. The van der Waals surface area contributed by atoms with E-state index in [1.165, 1.54) is 4.90 Å². The van der Waals surface area contributed by atoms with E-state index in [9.17, 15) is 4.79 Å². The van der Waals surface area contributed by atoms with Crippen LogP contribution < -0.4 is 4.90 Å². The Morgan fingerprint density at radius 2 is 2.29 bits per heavy atom. The lowest BCUT2D eigenvalue weighted by atomic mass is 10.1. The van der Waals surface area contributed by atoms with Gasteiger partial charge in [0.2, 0.25) is 5.91 Å². The maximum absolute atomic E-state index is 11.8. The predicted octanol–water partition coefficient (Wildman–Crippen LogP) is 1.81. The number of amides is 1. The average Bonchev–Trinajstić information content (AvgIpc) is 2.91. The Morgan fingerprint density at radius 1 is 1.47 bits per heavy atom. The van der Waals surface area contributed by atoms with Gasteiger partial charge in [-0.25, -0.2) is 0 Å². The van der Waals surface area contributed by atoms with Crippen molar-refractivity contribution in [3.05, 3.63) is 24.3 Å². The van der Waals surface area contributed by atoms with Crippen LogP contribution >= 0.6 is 0 Å². The Labute approximate surface area is 98.2 Å². The molecule has 0 N–H and O–H groups in total. The summed E-state index contributed by atoms with van der Waals surface area (Å²) < 4.78 is 5.54. The fraction of sp³-hybridized carbons (Fsp3) is 0.231. The van der Waals surface area contributed by atoms with Crippen LogP contribution in [0.4, 0.5) is 6.01 Å². The Morgan fingerprint density at radius 3 is 3.00 bits per heavy atom. The second-order valence-electron chi connectivity index (χ2n) is 4.04. The van der Waals surface area contributed by atoms with Gasteiger partial charge in [-0.3, -0.25) is 9.69 Å². The third-order valence-corrected chi connectivity index (χ3v) is 2.87. The molecule has 0 bridgehead atoms. The normalized spacial score (nSPS) is 19.8. The largest absolute Gasteiger partial charge is 0.423 e. The van der Waals surface area contributed by atoms with Crippen LogP contribution in [0.5, 0.6) is 0 Å². The van der Waals surface area contributed by atoms with Crippen molar-refractivity contribution in [3.8, 4) is 12.3 Å². The van der Waals surface area contributed by atoms with E-state index in [1.807, 2.05) is 24.3 Å². The third-order valence-electron chi connectivity index (χ3n) is 2.87. The summed E-state index contributed by atoms with van der Waals surface area (Å²) in [5, 5.41) is 0. The zero-order chi connectivity index (χ0) is 11.8. The molecule has 1 saturated heterocycles. The van der Waals surface area contributed by atoms with E-state index in [-0.39, 0.29) is 11.8 Å². The van der Waals surface area contributed by atoms with E-state index in [0.717, 1.165) is 5.52 Å². The molecule has 3 rings (SSSR count). The number of fused-ring (bicyclic) bond motifs is 1. The molecule has 2 heterocycles. The molecule has 1 amide bonds. The van der Waals surface area contributed by atoms with Crippen molar-refractivity contribution < 1.29 is 9.21 Å². The first-order chi connectivity index (χ1) is 8.28. The monoisotopic (exact) mass is 226 g/mol. The number of terminal acetylenes is 1. The number of anilines is 1. The van der Waals surface area contributed by atoms with E-state index >= 15 is 0 Å². The van der Waals surface area contributed by atoms with Gasteiger partial charge in [0.25, 0.3) is 0 Å². The van der Waals surface area contributed by atoms with Crippen molar-refractivity contribution in [1.82, 2.24) is 4.98 Å². The van der Waals surface area contributed by atoms with E-state index < -0.39 is 0 Å². The first-order valence-corrected chi connectivity index (χ1v) is 5.40. The molecule has 0 aliphatic carbocycles. The van der Waals surface area contributed by atoms with Crippen LogP contribution in [0, 0.1) is 18.3 Å². The van der Waals surface area contributed by atoms with Gasteiger partial charge < -0.3 is 4.42 Å². The fourth-order valence-corrected chi connectivity index (χ4v) is 1.98. The molecule has 1 aromatic carbocycles. The Kier molecular flexibility index (Phi) is 2.12. The molecular weight excluding hydrogens is 216 g/mol. The minimum Gasteiger partial charge on any atom is -0.423 e. The lowest BCUT2D eigenvalue weighted by molar-refractivity contribution is -0.117. The molecule has 1 aliphatic heterocycles. The summed E-state index contributed by atoms with van der Waals surface area (Å²) in [6.45, 7) is 0.488. The summed E-state index contributed by atoms with van der Waals surface area (Å²) in [6, 6.07) is 7.76. The number of oxazole rings is 1. The SMILES string of the molecule is C#CC1CC(=O)N(c2nc3ccccc3o2)C1. The molecule has 1 atom stereocenters. The van der Waals surface area contributed by atoms with Crippen molar-refractivity contribution in [1.29, 1.82) is 0 Å². The summed E-state index contributed by atoms with van der Waals surface area (Å²) in [4.78, 5) is 17.6. The maximum atomic E-state index is 11.8.